The third-order valence-corrected chi connectivity index (χ3v) is 4.45. The van der Waals surface area contributed by atoms with Crippen LogP contribution in [0.4, 0.5) is 8.78 Å². The molecule has 0 aliphatic heterocycles. The second kappa shape index (κ2) is 7.69. The molecular weight excluding hydrogens is 364 g/mol. The van der Waals surface area contributed by atoms with Crippen molar-refractivity contribution < 1.29 is 18.3 Å². The molecule has 0 bridgehead atoms. The van der Waals surface area contributed by atoms with Gasteiger partial charge in [0.1, 0.15) is 24.8 Å². The number of rotatable bonds is 7. The summed E-state index contributed by atoms with van der Waals surface area (Å²) >= 11 is 0. The average Bonchev–Trinajstić information content (AvgIpc) is 3.44. The van der Waals surface area contributed by atoms with Crippen molar-refractivity contribution in [3.05, 3.63) is 65.9 Å². The zero-order chi connectivity index (χ0) is 19.5. The van der Waals surface area contributed by atoms with Crippen molar-refractivity contribution in [1.29, 1.82) is 5.26 Å². The van der Waals surface area contributed by atoms with Gasteiger partial charge in [0.25, 0.3) is 0 Å². The molecule has 7 heteroatoms. The number of hydrogen-bond acceptors (Lipinski definition) is 4. The van der Waals surface area contributed by atoms with E-state index in [1.165, 1.54) is 18.2 Å². The highest BCUT2D eigenvalue weighted by Crippen LogP contribution is 2.38. The number of halogens is 2. The van der Waals surface area contributed by atoms with Crippen LogP contribution in [0.2, 0.25) is 0 Å². The minimum absolute atomic E-state index is 0.0516. The Morgan fingerprint density at radius 2 is 1.86 bits per heavy atom. The maximum Gasteiger partial charge on any atom is 0.166 e. The van der Waals surface area contributed by atoms with Crippen LogP contribution in [0.3, 0.4) is 0 Å². The van der Waals surface area contributed by atoms with Crippen LogP contribution in [-0.2, 0) is 0 Å². The van der Waals surface area contributed by atoms with E-state index < -0.39 is 5.82 Å². The predicted molar refractivity (Wildman–Crippen MR) is 98.0 cm³/mol. The molecule has 1 aromatic heterocycles. The summed E-state index contributed by atoms with van der Waals surface area (Å²) in [4.78, 5) is 0. The first-order valence-corrected chi connectivity index (χ1v) is 8.94. The number of aromatic nitrogens is 2. The Morgan fingerprint density at radius 1 is 1.04 bits per heavy atom. The van der Waals surface area contributed by atoms with Crippen LogP contribution < -0.4 is 9.47 Å². The van der Waals surface area contributed by atoms with Crippen LogP contribution >= 0.6 is 0 Å². The number of hydrogen-bond donors (Lipinski definition) is 0. The van der Waals surface area contributed by atoms with E-state index in [4.69, 9.17) is 14.7 Å². The molecule has 0 N–H and O–H groups in total. The Kier molecular flexibility index (Phi) is 4.94. The van der Waals surface area contributed by atoms with Crippen LogP contribution in [0, 0.1) is 23.0 Å². The van der Waals surface area contributed by atoms with Crippen LogP contribution in [0.15, 0.2) is 48.7 Å². The first kappa shape index (κ1) is 18.0. The van der Waals surface area contributed by atoms with Crippen LogP contribution in [0.1, 0.15) is 24.4 Å². The van der Waals surface area contributed by atoms with Gasteiger partial charge in [-0.05, 0) is 55.3 Å². The topological polar surface area (TPSA) is 60.1 Å². The molecule has 2 aromatic carbocycles. The minimum Gasteiger partial charge on any atom is -0.490 e. The van der Waals surface area contributed by atoms with E-state index in [9.17, 15) is 8.78 Å². The average molecular weight is 381 g/mol. The smallest absolute Gasteiger partial charge is 0.166 e. The molecule has 0 spiro atoms. The molecule has 5 nitrogen and oxygen atoms in total. The highest BCUT2D eigenvalue weighted by molar-refractivity contribution is 5.62. The first-order valence-electron chi connectivity index (χ1n) is 8.94. The Balaban J connectivity index is 1.39. The number of nitrogens with zero attached hydrogens (tertiary/aromatic N) is 3. The summed E-state index contributed by atoms with van der Waals surface area (Å²) in [5.41, 5.74) is 1.38. The van der Waals surface area contributed by atoms with E-state index in [1.807, 2.05) is 10.8 Å². The highest BCUT2D eigenvalue weighted by atomic mass is 19.1. The van der Waals surface area contributed by atoms with Gasteiger partial charge in [0.15, 0.2) is 11.6 Å². The molecule has 1 aliphatic rings. The van der Waals surface area contributed by atoms with Crippen molar-refractivity contribution in [1.82, 2.24) is 9.78 Å². The van der Waals surface area contributed by atoms with E-state index in [0.29, 0.717) is 17.4 Å². The van der Waals surface area contributed by atoms with Gasteiger partial charge in [-0.2, -0.15) is 10.4 Å². The van der Waals surface area contributed by atoms with Crippen LogP contribution in [0.5, 0.6) is 11.5 Å². The number of nitriles is 1. The third-order valence-electron chi connectivity index (χ3n) is 4.45. The summed E-state index contributed by atoms with van der Waals surface area (Å²) < 4.78 is 40.9. The van der Waals surface area contributed by atoms with Gasteiger partial charge in [-0.15, -0.1) is 0 Å². The Bertz CT molecular complexity index is 1040. The van der Waals surface area contributed by atoms with Gasteiger partial charge in [-0.3, -0.25) is 4.68 Å². The highest BCUT2D eigenvalue weighted by Gasteiger charge is 2.27. The van der Waals surface area contributed by atoms with Gasteiger partial charge in [-0.1, -0.05) is 0 Å². The predicted octanol–water partition coefficient (Wildman–Crippen LogP) is 4.49. The summed E-state index contributed by atoms with van der Waals surface area (Å²) in [6.07, 6.45) is 3.77. The molecule has 1 aliphatic carbocycles. The van der Waals surface area contributed by atoms with Gasteiger partial charge < -0.3 is 9.47 Å². The molecule has 0 amide bonds. The molecule has 1 heterocycles. The molecule has 28 heavy (non-hydrogen) atoms. The monoisotopic (exact) mass is 381 g/mol. The summed E-state index contributed by atoms with van der Waals surface area (Å²) in [5.74, 6) is -0.401. The molecule has 142 valence electrons. The van der Waals surface area contributed by atoms with Gasteiger partial charge >= 0.3 is 0 Å². The van der Waals surface area contributed by atoms with Crippen molar-refractivity contribution >= 4 is 0 Å². The lowest BCUT2D eigenvalue weighted by Gasteiger charge is -2.12. The lowest BCUT2D eigenvalue weighted by Crippen LogP contribution is -2.10. The van der Waals surface area contributed by atoms with Crippen LogP contribution in [-0.4, -0.2) is 23.0 Å². The fourth-order valence-corrected chi connectivity index (χ4v) is 2.93. The van der Waals surface area contributed by atoms with Crippen LogP contribution in [0.25, 0.3) is 11.3 Å². The van der Waals surface area contributed by atoms with E-state index in [1.54, 1.807) is 24.4 Å². The first-order chi connectivity index (χ1) is 13.7. The Morgan fingerprint density at radius 3 is 2.61 bits per heavy atom. The maximum absolute atomic E-state index is 14.3. The molecule has 0 saturated heterocycles. The van der Waals surface area contributed by atoms with E-state index in [0.717, 1.165) is 24.6 Å². The van der Waals surface area contributed by atoms with Crippen molar-refractivity contribution in [2.75, 3.05) is 13.2 Å². The quantitative estimate of drug-likeness (QED) is 0.566. The summed E-state index contributed by atoms with van der Waals surface area (Å²) in [5, 5.41) is 13.0. The van der Waals surface area contributed by atoms with Gasteiger partial charge in [0.05, 0.1) is 23.4 Å². The largest absolute Gasteiger partial charge is 0.490 e. The lowest BCUT2D eigenvalue weighted by molar-refractivity contribution is 0.211. The second-order valence-corrected chi connectivity index (χ2v) is 6.49. The molecule has 1 saturated carbocycles. The van der Waals surface area contributed by atoms with E-state index in [2.05, 4.69) is 5.10 Å². The fourth-order valence-electron chi connectivity index (χ4n) is 2.93. The molecular formula is C21H17F2N3O2. The zero-order valence-electron chi connectivity index (χ0n) is 14.9. The molecule has 0 atom stereocenters. The van der Waals surface area contributed by atoms with Gasteiger partial charge in [0.2, 0.25) is 0 Å². The van der Waals surface area contributed by atoms with Gasteiger partial charge in [-0.25, -0.2) is 8.78 Å². The fraction of sp³-hybridized carbons (Fsp3) is 0.238. The molecule has 3 aromatic rings. The summed E-state index contributed by atoms with van der Waals surface area (Å²) in [7, 11) is 0. The second-order valence-electron chi connectivity index (χ2n) is 6.49. The van der Waals surface area contributed by atoms with Crippen molar-refractivity contribution in [3.63, 3.8) is 0 Å². The molecule has 4 rings (SSSR count). The van der Waals surface area contributed by atoms with Crippen molar-refractivity contribution in [2.45, 2.75) is 18.9 Å². The number of benzene rings is 2. The molecule has 0 radical (unpaired) electrons. The Hall–Kier alpha value is -3.40. The standard InChI is InChI=1S/C21H17F2N3O2/c22-18-5-4-16(12-17(18)20-7-8-25-26(20)15-2-3-15)27-9-10-28-21-6-1-14(13-24)11-19(21)23/h1,4-8,11-12,15H,2-3,9-10H2. The third kappa shape index (κ3) is 3.81. The summed E-state index contributed by atoms with van der Waals surface area (Å²) in [6, 6.07) is 12.5. The Labute approximate surface area is 160 Å². The normalized spacial score (nSPS) is 13.2. The molecule has 0 unspecified atom stereocenters. The SMILES string of the molecule is N#Cc1ccc(OCCOc2ccc(F)c(-c3ccnn3C3CC3)c2)c(F)c1. The number of ether oxygens (including phenoxy) is 2. The lowest BCUT2D eigenvalue weighted by atomic mass is 10.1. The van der Waals surface area contributed by atoms with E-state index >= 15 is 0 Å². The maximum atomic E-state index is 14.3. The van der Waals surface area contributed by atoms with Crippen molar-refractivity contribution in [2.24, 2.45) is 0 Å². The minimum atomic E-state index is -0.601. The zero-order valence-corrected chi connectivity index (χ0v) is 14.9. The van der Waals surface area contributed by atoms with Crippen molar-refractivity contribution in [3.8, 4) is 28.8 Å². The summed E-state index contributed by atoms with van der Waals surface area (Å²) in [6.45, 7) is 0.266. The molecule has 1 fully saturated rings. The van der Waals surface area contributed by atoms with Gasteiger partial charge in [0, 0.05) is 11.8 Å². The van der Waals surface area contributed by atoms with E-state index in [-0.39, 0.29) is 30.3 Å².